The number of hydrogen-bond acceptors (Lipinski definition) is 4. The zero-order chi connectivity index (χ0) is 10.8. The highest BCUT2D eigenvalue weighted by atomic mass is 35.5. The summed E-state index contributed by atoms with van der Waals surface area (Å²) in [6.45, 7) is 1.86. The number of thiophene rings is 1. The first kappa shape index (κ1) is 12.0. The summed E-state index contributed by atoms with van der Waals surface area (Å²) in [5.74, 6) is -0.0135. The molecule has 1 atom stereocenters. The molecule has 0 aliphatic carbocycles. The van der Waals surface area contributed by atoms with Crippen molar-refractivity contribution in [2.45, 2.75) is 23.6 Å². The van der Waals surface area contributed by atoms with E-state index in [9.17, 15) is 8.42 Å². The van der Waals surface area contributed by atoms with Gasteiger partial charge in [0.1, 0.15) is 4.21 Å². The maximum Gasteiger partial charge on any atom is 0.189 e. The molecule has 1 unspecified atom stereocenters. The van der Waals surface area contributed by atoms with Crippen molar-refractivity contribution >= 4 is 32.8 Å². The van der Waals surface area contributed by atoms with Crippen LogP contribution in [-0.4, -0.2) is 20.2 Å². The average Bonchev–Trinajstić information content (AvgIpc) is 2.51. The predicted molar refractivity (Wildman–Crippen MR) is 59.6 cm³/mol. The molecule has 1 heterocycles. The normalized spacial score (nSPS) is 14.2. The molecule has 0 spiro atoms. The summed E-state index contributed by atoms with van der Waals surface area (Å²) < 4.78 is 24.2. The Hall–Kier alpha value is -0.100. The molecule has 0 fully saturated rings. The highest BCUT2D eigenvalue weighted by molar-refractivity contribution is 7.93. The lowest BCUT2D eigenvalue weighted by atomic mass is 10.3. The molecular formula is C8H12ClNO2S2. The van der Waals surface area contributed by atoms with E-state index in [0.29, 0.717) is 15.0 Å². The molecule has 0 saturated carbocycles. The zero-order valence-electron chi connectivity index (χ0n) is 7.73. The number of sulfone groups is 1. The summed E-state index contributed by atoms with van der Waals surface area (Å²) in [6.07, 6.45) is 0.651. The minimum Gasteiger partial charge on any atom is -0.327 e. The van der Waals surface area contributed by atoms with Gasteiger partial charge in [-0.15, -0.1) is 11.3 Å². The molecule has 14 heavy (non-hydrogen) atoms. The Kier molecular flexibility index (Phi) is 3.94. The van der Waals surface area contributed by atoms with Crippen LogP contribution >= 0.6 is 22.9 Å². The van der Waals surface area contributed by atoms with Crippen molar-refractivity contribution < 1.29 is 8.42 Å². The van der Waals surface area contributed by atoms with E-state index in [-0.39, 0.29) is 11.8 Å². The molecule has 0 aliphatic rings. The van der Waals surface area contributed by atoms with E-state index < -0.39 is 9.84 Å². The molecule has 1 aromatic rings. The Morgan fingerprint density at radius 1 is 1.57 bits per heavy atom. The minimum atomic E-state index is -3.24. The minimum absolute atomic E-state index is 0.0135. The van der Waals surface area contributed by atoms with Crippen molar-refractivity contribution in [3.8, 4) is 0 Å². The molecule has 0 amide bonds. The van der Waals surface area contributed by atoms with Gasteiger partial charge >= 0.3 is 0 Å². The molecule has 0 aliphatic heterocycles. The highest BCUT2D eigenvalue weighted by Crippen LogP contribution is 2.26. The van der Waals surface area contributed by atoms with Crippen LogP contribution in [0.1, 0.15) is 13.3 Å². The second-order valence-corrected chi connectivity index (χ2v) is 6.98. The molecule has 0 radical (unpaired) electrons. The van der Waals surface area contributed by atoms with E-state index >= 15 is 0 Å². The maximum atomic E-state index is 11.7. The molecule has 2 N–H and O–H groups in total. The van der Waals surface area contributed by atoms with Gasteiger partial charge in [0.15, 0.2) is 9.84 Å². The van der Waals surface area contributed by atoms with Gasteiger partial charge in [-0.1, -0.05) is 18.5 Å². The number of hydrogen-bond donors (Lipinski definition) is 1. The van der Waals surface area contributed by atoms with Crippen LogP contribution in [0, 0.1) is 0 Å². The summed E-state index contributed by atoms with van der Waals surface area (Å²) in [7, 11) is -3.24. The van der Waals surface area contributed by atoms with E-state index in [0.717, 1.165) is 11.3 Å². The fourth-order valence-electron chi connectivity index (χ4n) is 0.947. The highest BCUT2D eigenvalue weighted by Gasteiger charge is 2.19. The third kappa shape index (κ3) is 2.95. The number of nitrogens with two attached hydrogens (primary N) is 1. The summed E-state index contributed by atoms with van der Waals surface area (Å²) >= 11 is 6.73. The van der Waals surface area contributed by atoms with Crippen molar-refractivity contribution in [2.75, 3.05) is 5.75 Å². The molecular weight excluding hydrogens is 242 g/mol. The number of rotatable bonds is 4. The van der Waals surface area contributed by atoms with Crippen molar-refractivity contribution in [3.05, 3.63) is 16.5 Å². The summed E-state index contributed by atoms with van der Waals surface area (Å²) in [5, 5.41) is 0. The number of halogens is 1. The summed E-state index contributed by atoms with van der Waals surface area (Å²) in [6, 6.07) is 2.79. The van der Waals surface area contributed by atoms with Gasteiger partial charge in [-0.2, -0.15) is 0 Å². The lowest BCUT2D eigenvalue weighted by molar-refractivity contribution is 0.586. The van der Waals surface area contributed by atoms with Crippen molar-refractivity contribution in [2.24, 2.45) is 5.73 Å². The van der Waals surface area contributed by atoms with E-state index in [1.165, 1.54) is 6.07 Å². The fraction of sp³-hybridized carbons (Fsp3) is 0.500. The van der Waals surface area contributed by atoms with Crippen molar-refractivity contribution in [3.63, 3.8) is 0 Å². The molecule has 0 bridgehead atoms. The Morgan fingerprint density at radius 2 is 2.21 bits per heavy atom. The van der Waals surface area contributed by atoms with Gasteiger partial charge in [-0.05, 0) is 18.6 Å². The van der Waals surface area contributed by atoms with Crippen LogP contribution in [0.25, 0.3) is 0 Å². The van der Waals surface area contributed by atoms with Crippen LogP contribution < -0.4 is 5.73 Å². The Morgan fingerprint density at radius 3 is 2.64 bits per heavy atom. The van der Waals surface area contributed by atoms with E-state index in [1.54, 1.807) is 6.07 Å². The van der Waals surface area contributed by atoms with Crippen LogP contribution in [0.4, 0.5) is 0 Å². The average molecular weight is 254 g/mol. The first-order valence-corrected chi connectivity index (χ1v) is 7.04. The SMILES string of the molecule is CCC(N)CS(=O)(=O)c1ccc(Cl)s1. The Balaban J connectivity index is 2.86. The van der Waals surface area contributed by atoms with Gasteiger partial charge in [-0.3, -0.25) is 0 Å². The van der Waals surface area contributed by atoms with E-state index in [4.69, 9.17) is 17.3 Å². The van der Waals surface area contributed by atoms with Crippen LogP contribution in [0.2, 0.25) is 4.34 Å². The first-order valence-electron chi connectivity index (χ1n) is 4.19. The van der Waals surface area contributed by atoms with Gasteiger partial charge < -0.3 is 5.73 Å². The Labute approximate surface area is 92.8 Å². The van der Waals surface area contributed by atoms with Gasteiger partial charge in [0.2, 0.25) is 0 Å². The second kappa shape index (κ2) is 4.61. The lowest BCUT2D eigenvalue weighted by Crippen LogP contribution is -2.28. The van der Waals surface area contributed by atoms with Crippen LogP contribution in [0.15, 0.2) is 16.3 Å². The van der Waals surface area contributed by atoms with Crippen molar-refractivity contribution in [1.29, 1.82) is 0 Å². The first-order chi connectivity index (χ1) is 6.45. The zero-order valence-corrected chi connectivity index (χ0v) is 10.1. The molecule has 0 saturated heterocycles. The standard InChI is InChI=1S/C8H12ClNO2S2/c1-2-6(10)5-14(11,12)8-4-3-7(9)13-8/h3-4,6H,2,5,10H2,1H3. The smallest absolute Gasteiger partial charge is 0.189 e. The van der Waals surface area contributed by atoms with Gasteiger partial charge in [0.25, 0.3) is 0 Å². The second-order valence-electron chi connectivity index (χ2n) is 3.01. The molecule has 6 heteroatoms. The van der Waals surface area contributed by atoms with E-state index in [1.807, 2.05) is 6.92 Å². The molecule has 0 aromatic carbocycles. The third-order valence-corrected chi connectivity index (χ3v) is 5.47. The van der Waals surface area contributed by atoms with Crippen LogP contribution in [-0.2, 0) is 9.84 Å². The monoisotopic (exact) mass is 253 g/mol. The van der Waals surface area contributed by atoms with Crippen LogP contribution in [0.3, 0.4) is 0 Å². The molecule has 1 rings (SSSR count). The van der Waals surface area contributed by atoms with Crippen LogP contribution in [0.5, 0.6) is 0 Å². The van der Waals surface area contributed by atoms with Crippen molar-refractivity contribution in [1.82, 2.24) is 0 Å². The summed E-state index contributed by atoms with van der Waals surface area (Å²) in [4.78, 5) is 0. The van der Waals surface area contributed by atoms with E-state index in [2.05, 4.69) is 0 Å². The third-order valence-electron chi connectivity index (χ3n) is 1.81. The van der Waals surface area contributed by atoms with Gasteiger partial charge in [0.05, 0.1) is 10.1 Å². The quantitative estimate of drug-likeness (QED) is 0.892. The van der Waals surface area contributed by atoms with Gasteiger partial charge in [0, 0.05) is 6.04 Å². The molecule has 3 nitrogen and oxygen atoms in total. The predicted octanol–water partition coefficient (Wildman–Crippen LogP) is 1.91. The molecule has 1 aromatic heterocycles. The molecule has 80 valence electrons. The summed E-state index contributed by atoms with van der Waals surface area (Å²) in [5.41, 5.74) is 5.60. The van der Waals surface area contributed by atoms with Gasteiger partial charge in [-0.25, -0.2) is 8.42 Å². The maximum absolute atomic E-state index is 11.7. The fourth-order valence-corrected chi connectivity index (χ4v) is 4.08. The topological polar surface area (TPSA) is 60.2 Å². The lowest BCUT2D eigenvalue weighted by Gasteiger charge is -2.07. The Bertz CT molecular complexity index is 399. The largest absolute Gasteiger partial charge is 0.327 e.